The molecule has 0 spiro atoms. The third kappa shape index (κ3) is 6.04. The molecule has 0 bridgehead atoms. The van der Waals surface area contributed by atoms with Gasteiger partial charge in [0.25, 0.3) is 6.47 Å². The molecular weight excluding hydrogens is 352 g/mol. The van der Waals surface area contributed by atoms with E-state index in [4.69, 9.17) is 14.6 Å². The molecule has 10 nitrogen and oxygen atoms in total. The maximum atomic E-state index is 12.5. The van der Waals surface area contributed by atoms with E-state index in [9.17, 15) is 4.79 Å². The zero-order valence-electron chi connectivity index (χ0n) is 15.8. The third-order valence-corrected chi connectivity index (χ3v) is 4.58. The Hall–Kier alpha value is -2.46. The summed E-state index contributed by atoms with van der Waals surface area (Å²) in [6.45, 7) is 7.01. The van der Waals surface area contributed by atoms with Gasteiger partial charge in [-0.3, -0.25) is 9.78 Å². The fourth-order valence-electron chi connectivity index (χ4n) is 3.33. The van der Waals surface area contributed by atoms with E-state index in [1.807, 2.05) is 11.8 Å². The van der Waals surface area contributed by atoms with Crippen LogP contribution in [0.4, 0.5) is 10.6 Å². The first-order valence-corrected chi connectivity index (χ1v) is 9.03. The van der Waals surface area contributed by atoms with Gasteiger partial charge in [0.1, 0.15) is 5.82 Å². The van der Waals surface area contributed by atoms with Gasteiger partial charge in [-0.15, -0.1) is 0 Å². The fraction of sp³-hybridized carbons (Fsp3) is 0.647. The lowest BCUT2D eigenvalue weighted by Crippen LogP contribution is -2.55. The van der Waals surface area contributed by atoms with Gasteiger partial charge < -0.3 is 29.9 Å². The smallest absolute Gasteiger partial charge is 0.317 e. The first-order valence-electron chi connectivity index (χ1n) is 9.03. The van der Waals surface area contributed by atoms with Crippen LogP contribution in [0.1, 0.15) is 6.92 Å². The number of urea groups is 1. The number of piperazine rings is 1. The van der Waals surface area contributed by atoms with Crippen LogP contribution in [0.25, 0.3) is 0 Å². The van der Waals surface area contributed by atoms with Crippen LogP contribution in [-0.2, 0) is 9.53 Å². The lowest BCUT2D eigenvalue weighted by Gasteiger charge is -2.36. The Balaban J connectivity index is 0.000000817. The van der Waals surface area contributed by atoms with Crippen molar-refractivity contribution in [3.05, 3.63) is 18.6 Å². The van der Waals surface area contributed by atoms with E-state index >= 15 is 0 Å². The molecule has 2 aliphatic heterocycles. The van der Waals surface area contributed by atoms with Crippen molar-refractivity contribution in [2.24, 2.45) is 0 Å². The number of likely N-dealkylation sites (tertiary alicyclic amines) is 1. The molecule has 0 aliphatic carbocycles. The zero-order valence-corrected chi connectivity index (χ0v) is 15.8. The molecule has 2 atom stereocenters. The highest BCUT2D eigenvalue weighted by atomic mass is 16.5. The molecule has 2 aliphatic rings. The highest BCUT2D eigenvalue weighted by Crippen LogP contribution is 2.14. The van der Waals surface area contributed by atoms with Gasteiger partial charge in [-0.2, -0.15) is 0 Å². The van der Waals surface area contributed by atoms with E-state index in [1.165, 1.54) is 0 Å². The summed E-state index contributed by atoms with van der Waals surface area (Å²) in [5.74, 6) is 0.867. The second-order valence-corrected chi connectivity index (χ2v) is 6.41. The van der Waals surface area contributed by atoms with Crippen LogP contribution >= 0.6 is 0 Å². The Morgan fingerprint density at radius 1 is 1.33 bits per heavy atom. The van der Waals surface area contributed by atoms with Crippen molar-refractivity contribution in [2.75, 3.05) is 57.8 Å². The van der Waals surface area contributed by atoms with Crippen LogP contribution in [-0.4, -0.2) is 102 Å². The molecule has 1 aromatic rings. The van der Waals surface area contributed by atoms with Crippen molar-refractivity contribution >= 4 is 18.3 Å². The Kier molecular flexibility index (Phi) is 8.21. The number of anilines is 1. The summed E-state index contributed by atoms with van der Waals surface area (Å²) in [7, 11) is 2.05. The highest BCUT2D eigenvalue weighted by Gasteiger charge is 2.34. The lowest BCUT2D eigenvalue weighted by molar-refractivity contribution is -0.122. The number of aromatic nitrogens is 2. The molecule has 150 valence electrons. The summed E-state index contributed by atoms with van der Waals surface area (Å²) in [6, 6.07) is 0.0549. The molecule has 0 aromatic carbocycles. The molecule has 0 radical (unpaired) electrons. The Labute approximate surface area is 159 Å². The minimum Gasteiger partial charge on any atom is -0.483 e. The Bertz CT molecular complexity index is 582. The van der Waals surface area contributed by atoms with E-state index in [0.717, 1.165) is 32.0 Å². The second kappa shape index (κ2) is 10.6. The monoisotopic (exact) mass is 380 g/mol. The van der Waals surface area contributed by atoms with Gasteiger partial charge in [-0.1, -0.05) is 0 Å². The standard InChI is InChI=1S/C16H26N6O2.CH2O2/c1-3-24-14-12-20(2)11-13(14)19-16(23)22-8-6-21(7-9-22)15-10-17-4-5-18-15;2-1-3/h4-5,10,13-14H,3,6-9,11-12H2,1-2H3,(H,19,23);1H,(H,2,3)/t13-,14-;/m0./s1. The quantitative estimate of drug-likeness (QED) is 0.687. The normalized spacial score (nSPS) is 22.7. The number of amides is 2. The maximum absolute atomic E-state index is 12.5. The van der Waals surface area contributed by atoms with Crippen LogP contribution in [0.3, 0.4) is 0 Å². The molecule has 0 saturated carbocycles. The first-order chi connectivity index (χ1) is 13.1. The summed E-state index contributed by atoms with van der Waals surface area (Å²) >= 11 is 0. The zero-order chi connectivity index (χ0) is 19.6. The van der Waals surface area contributed by atoms with Crippen molar-refractivity contribution < 1.29 is 19.4 Å². The van der Waals surface area contributed by atoms with Crippen molar-refractivity contribution in [3.63, 3.8) is 0 Å². The van der Waals surface area contributed by atoms with Crippen molar-refractivity contribution in [2.45, 2.75) is 19.1 Å². The number of carboxylic acid groups (broad SMARTS) is 1. The number of nitrogens with one attached hydrogen (secondary N) is 1. The number of hydrogen-bond acceptors (Lipinski definition) is 7. The summed E-state index contributed by atoms with van der Waals surface area (Å²) in [4.78, 5) is 35.5. The number of rotatable bonds is 4. The maximum Gasteiger partial charge on any atom is 0.317 e. The number of carbonyl (C=O) groups excluding carboxylic acids is 1. The number of nitrogens with zero attached hydrogens (tertiary/aromatic N) is 5. The average Bonchev–Trinajstić information content (AvgIpc) is 3.02. The lowest BCUT2D eigenvalue weighted by atomic mass is 10.2. The molecule has 2 fully saturated rings. The van der Waals surface area contributed by atoms with E-state index in [0.29, 0.717) is 19.7 Å². The molecule has 0 unspecified atom stereocenters. The van der Waals surface area contributed by atoms with Crippen LogP contribution < -0.4 is 10.2 Å². The predicted octanol–water partition coefficient (Wildman–Crippen LogP) is -0.272. The molecule has 2 N–H and O–H groups in total. The Morgan fingerprint density at radius 2 is 2.04 bits per heavy atom. The third-order valence-electron chi connectivity index (χ3n) is 4.58. The summed E-state index contributed by atoms with van der Waals surface area (Å²) in [5.41, 5.74) is 0. The predicted molar refractivity (Wildman–Crippen MR) is 99.7 cm³/mol. The number of hydrogen-bond donors (Lipinski definition) is 2. The second-order valence-electron chi connectivity index (χ2n) is 6.41. The molecule has 3 heterocycles. The molecule has 27 heavy (non-hydrogen) atoms. The van der Waals surface area contributed by atoms with Crippen LogP contribution in [0, 0.1) is 0 Å². The van der Waals surface area contributed by atoms with Gasteiger partial charge >= 0.3 is 6.03 Å². The van der Waals surface area contributed by atoms with Gasteiger partial charge in [0.2, 0.25) is 0 Å². The fourth-order valence-corrected chi connectivity index (χ4v) is 3.33. The molecule has 1 aromatic heterocycles. The molecule has 3 rings (SSSR count). The molecule has 2 amide bonds. The van der Waals surface area contributed by atoms with E-state index in [-0.39, 0.29) is 24.6 Å². The van der Waals surface area contributed by atoms with Crippen LogP contribution in [0.5, 0.6) is 0 Å². The van der Waals surface area contributed by atoms with Crippen LogP contribution in [0.15, 0.2) is 18.6 Å². The van der Waals surface area contributed by atoms with Crippen molar-refractivity contribution in [1.29, 1.82) is 0 Å². The molecule has 10 heteroatoms. The first kappa shape index (κ1) is 20.8. The minimum atomic E-state index is -0.250. The minimum absolute atomic E-state index is 0.00111. The topological polar surface area (TPSA) is 111 Å². The van der Waals surface area contributed by atoms with E-state index < -0.39 is 0 Å². The summed E-state index contributed by atoms with van der Waals surface area (Å²) in [6.07, 6.45) is 5.20. The average molecular weight is 380 g/mol. The molecule has 2 saturated heterocycles. The number of ether oxygens (including phenoxy) is 1. The van der Waals surface area contributed by atoms with Crippen molar-refractivity contribution in [1.82, 2.24) is 25.1 Å². The number of likely N-dealkylation sites (N-methyl/N-ethyl adjacent to an activating group) is 1. The van der Waals surface area contributed by atoms with Gasteiger partial charge in [0.15, 0.2) is 0 Å². The van der Waals surface area contributed by atoms with Gasteiger partial charge in [-0.05, 0) is 14.0 Å². The van der Waals surface area contributed by atoms with E-state index in [1.54, 1.807) is 18.6 Å². The summed E-state index contributed by atoms with van der Waals surface area (Å²) in [5, 5.41) is 10.0. The van der Waals surface area contributed by atoms with Crippen LogP contribution in [0.2, 0.25) is 0 Å². The van der Waals surface area contributed by atoms with Gasteiger partial charge in [-0.25, -0.2) is 9.78 Å². The van der Waals surface area contributed by atoms with Gasteiger partial charge in [0.05, 0.1) is 18.3 Å². The molecular formula is C17H28N6O4. The van der Waals surface area contributed by atoms with Gasteiger partial charge in [0, 0.05) is 58.3 Å². The largest absolute Gasteiger partial charge is 0.483 e. The SMILES string of the molecule is CCO[C@H]1CN(C)C[C@@H]1NC(=O)N1CCN(c2cnccn2)CC1.O=CO. The van der Waals surface area contributed by atoms with E-state index in [2.05, 4.69) is 32.1 Å². The number of carbonyl (C=O) groups is 2. The summed E-state index contributed by atoms with van der Waals surface area (Å²) < 4.78 is 5.75. The highest BCUT2D eigenvalue weighted by molar-refractivity contribution is 5.75. The van der Waals surface area contributed by atoms with Crippen molar-refractivity contribution in [3.8, 4) is 0 Å². The Morgan fingerprint density at radius 3 is 2.63 bits per heavy atom.